The summed E-state index contributed by atoms with van der Waals surface area (Å²) in [5.41, 5.74) is 4.61. The Labute approximate surface area is 169 Å². The van der Waals surface area contributed by atoms with E-state index >= 15 is 0 Å². The molecule has 1 aliphatic rings. The molecule has 8 heteroatoms. The predicted octanol–water partition coefficient (Wildman–Crippen LogP) is 5.52. The normalized spacial score (nSPS) is 13.1. The number of halogens is 1. The standard InChI is InChI=1S/C20H14FN3O2S2/c21-16-7-15(18-9-27-10-23-18)17(5-13(16)8-22)24-28-19-6-12(20(25)26)3-4-14(19)11-1-2-11/h3-7,9-11,24H,1-2H2,(H,25,26). The van der Waals surface area contributed by atoms with E-state index in [1.807, 2.05) is 12.1 Å². The summed E-state index contributed by atoms with van der Waals surface area (Å²) in [7, 11) is 0. The van der Waals surface area contributed by atoms with Crippen LogP contribution < -0.4 is 4.72 Å². The van der Waals surface area contributed by atoms with E-state index in [2.05, 4.69) is 9.71 Å². The number of benzene rings is 2. The minimum Gasteiger partial charge on any atom is -0.478 e. The van der Waals surface area contributed by atoms with Crippen LogP contribution in [0.5, 0.6) is 0 Å². The molecule has 140 valence electrons. The zero-order valence-electron chi connectivity index (χ0n) is 14.5. The van der Waals surface area contributed by atoms with E-state index in [9.17, 15) is 14.3 Å². The van der Waals surface area contributed by atoms with Gasteiger partial charge in [0.05, 0.1) is 28.0 Å². The van der Waals surface area contributed by atoms with Crippen LogP contribution in [0.2, 0.25) is 0 Å². The van der Waals surface area contributed by atoms with Gasteiger partial charge in [0.2, 0.25) is 0 Å². The van der Waals surface area contributed by atoms with Crippen molar-refractivity contribution in [3.05, 3.63) is 63.7 Å². The molecule has 0 amide bonds. The van der Waals surface area contributed by atoms with Crippen molar-refractivity contribution in [2.45, 2.75) is 23.7 Å². The number of carboxylic acids is 1. The highest BCUT2D eigenvalue weighted by Gasteiger charge is 2.27. The van der Waals surface area contributed by atoms with Crippen LogP contribution in [0.1, 0.15) is 40.2 Å². The third-order valence-corrected chi connectivity index (χ3v) is 5.97. The number of hydrogen-bond donors (Lipinski definition) is 2. The zero-order valence-corrected chi connectivity index (χ0v) is 16.1. The summed E-state index contributed by atoms with van der Waals surface area (Å²) < 4.78 is 17.3. The minimum absolute atomic E-state index is 0.0659. The summed E-state index contributed by atoms with van der Waals surface area (Å²) in [6.45, 7) is 0. The largest absolute Gasteiger partial charge is 0.478 e. The lowest BCUT2D eigenvalue weighted by molar-refractivity contribution is 0.0696. The molecular weight excluding hydrogens is 397 g/mol. The lowest BCUT2D eigenvalue weighted by Gasteiger charge is -2.14. The van der Waals surface area contributed by atoms with Crippen molar-refractivity contribution in [1.29, 1.82) is 5.26 Å². The fourth-order valence-corrected chi connectivity index (χ4v) is 4.38. The monoisotopic (exact) mass is 411 g/mol. The number of aromatic carboxylic acids is 1. The minimum atomic E-state index is -0.985. The smallest absolute Gasteiger partial charge is 0.335 e. The van der Waals surface area contributed by atoms with Crippen LogP contribution >= 0.6 is 23.3 Å². The first-order valence-electron chi connectivity index (χ1n) is 8.49. The van der Waals surface area contributed by atoms with E-state index in [0.29, 0.717) is 22.9 Å². The molecule has 3 aromatic rings. The van der Waals surface area contributed by atoms with Crippen molar-refractivity contribution in [2.75, 3.05) is 4.72 Å². The highest BCUT2D eigenvalue weighted by atomic mass is 32.2. The van der Waals surface area contributed by atoms with Crippen LogP contribution in [-0.2, 0) is 0 Å². The number of carboxylic acid groups (broad SMARTS) is 1. The summed E-state index contributed by atoms with van der Waals surface area (Å²) in [6.07, 6.45) is 2.17. The third-order valence-electron chi connectivity index (χ3n) is 4.48. The fraction of sp³-hybridized carbons (Fsp3) is 0.150. The number of anilines is 1. The van der Waals surface area contributed by atoms with Gasteiger partial charge in [-0.3, -0.25) is 0 Å². The fourth-order valence-electron chi connectivity index (χ4n) is 2.90. The average molecular weight is 411 g/mol. The molecule has 1 aromatic heterocycles. The third kappa shape index (κ3) is 3.72. The Hall–Kier alpha value is -2.89. The highest BCUT2D eigenvalue weighted by Crippen LogP contribution is 2.45. The Bertz CT molecular complexity index is 1090. The molecule has 0 unspecified atom stereocenters. The Morgan fingerprint density at radius 3 is 2.82 bits per heavy atom. The van der Waals surface area contributed by atoms with Crippen LogP contribution in [0, 0.1) is 17.1 Å². The number of carbonyl (C=O) groups is 1. The molecule has 1 heterocycles. The number of thiazole rings is 1. The van der Waals surface area contributed by atoms with Gasteiger partial charge < -0.3 is 9.83 Å². The maximum Gasteiger partial charge on any atom is 0.335 e. The van der Waals surface area contributed by atoms with E-state index in [0.717, 1.165) is 23.3 Å². The molecule has 2 N–H and O–H groups in total. The van der Waals surface area contributed by atoms with Gasteiger partial charge in [-0.05, 0) is 60.5 Å². The Balaban J connectivity index is 1.69. The van der Waals surface area contributed by atoms with Gasteiger partial charge in [-0.25, -0.2) is 14.2 Å². The van der Waals surface area contributed by atoms with Crippen molar-refractivity contribution >= 4 is 34.9 Å². The van der Waals surface area contributed by atoms with Crippen LogP contribution in [0.15, 0.2) is 46.1 Å². The summed E-state index contributed by atoms with van der Waals surface area (Å²) in [4.78, 5) is 16.4. The van der Waals surface area contributed by atoms with Crippen LogP contribution in [0.3, 0.4) is 0 Å². The molecule has 0 atom stereocenters. The van der Waals surface area contributed by atoms with Gasteiger partial charge in [0.1, 0.15) is 11.9 Å². The maximum absolute atomic E-state index is 14.2. The second-order valence-corrected chi connectivity index (χ2v) is 7.97. The number of nitrogens with zero attached hydrogens (tertiary/aromatic N) is 2. The topological polar surface area (TPSA) is 86.0 Å². The molecule has 1 aliphatic carbocycles. The molecule has 28 heavy (non-hydrogen) atoms. The van der Waals surface area contributed by atoms with E-state index in [1.165, 1.54) is 35.4 Å². The first kappa shape index (κ1) is 18.5. The van der Waals surface area contributed by atoms with Crippen molar-refractivity contribution < 1.29 is 14.3 Å². The molecule has 1 fully saturated rings. The van der Waals surface area contributed by atoms with E-state index in [4.69, 9.17) is 5.26 Å². The van der Waals surface area contributed by atoms with Crippen molar-refractivity contribution in [2.24, 2.45) is 0 Å². The number of hydrogen-bond acceptors (Lipinski definition) is 6. The molecule has 0 radical (unpaired) electrons. The molecule has 1 saturated carbocycles. The van der Waals surface area contributed by atoms with Gasteiger partial charge >= 0.3 is 5.97 Å². The first-order chi connectivity index (χ1) is 13.6. The van der Waals surface area contributed by atoms with Gasteiger partial charge in [-0.2, -0.15) is 5.26 Å². The Morgan fingerprint density at radius 1 is 1.36 bits per heavy atom. The quantitative estimate of drug-likeness (QED) is 0.520. The van der Waals surface area contributed by atoms with Gasteiger partial charge in [0, 0.05) is 15.8 Å². The van der Waals surface area contributed by atoms with Crippen molar-refractivity contribution in [3.63, 3.8) is 0 Å². The van der Waals surface area contributed by atoms with Gasteiger partial charge in [0.15, 0.2) is 0 Å². The Kier molecular flexibility index (Phi) is 5.03. The second-order valence-electron chi connectivity index (χ2n) is 6.40. The first-order valence-corrected chi connectivity index (χ1v) is 10.2. The van der Waals surface area contributed by atoms with Crippen LogP contribution in [0.25, 0.3) is 11.3 Å². The second kappa shape index (κ2) is 7.62. The zero-order chi connectivity index (χ0) is 19.7. The Morgan fingerprint density at radius 2 is 2.18 bits per heavy atom. The summed E-state index contributed by atoms with van der Waals surface area (Å²) in [5.74, 6) is -1.15. The molecule has 0 bridgehead atoms. The van der Waals surface area contributed by atoms with Crippen molar-refractivity contribution in [1.82, 2.24) is 4.98 Å². The van der Waals surface area contributed by atoms with E-state index < -0.39 is 11.8 Å². The number of rotatable bonds is 6. The molecular formula is C20H14FN3O2S2. The van der Waals surface area contributed by atoms with Gasteiger partial charge in [-0.15, -0.1) is 11.3 Å². The molecule has 2 aromatic carbocycles. The lowest BCUT2D eigenvalue weighted by atomic mass is 10.1. The molecule has 0 spiro atoms. The van der Waals surface area contributed by atoms with E-state index in [1.54, 1.807) is 23.0 Å². The van der Waals surface area contributed by atoms with Gasteiger partial charge in [-0.1, -0.05) is 6.07 Å². The molecule has 4 rings (SSSR count). The molecule has 0 aliphatic heterocycles. The van der Waals surface area contributed by atoms with Crippen molar-refractivity contribution in [3.8, 4) is 17.3 Å². The number of aromatic nitrogens is 1. The van der Waals surface area contributed by atoms with Crippen LogP contribution in [0.4, 0.5) is 10.1 Å². The summed E-state index contributed by atoms with van der Waals surface area (Å²) >= 11 is 2.66. The summed E-state index contributed by atoms with van der Waals surface area (Å²) in [5, 5.41) is 20.3. The SMILES string of the molecule is N#Cc1cc(NSc2cc(C(=O)O)ccc2C2CC2)c(-c2cscn2)cc1F. The number of nitriles is 1. The van der Waals surface area contributed by atoms with Gasteiger partial charge in [0.25, 0.3) is 0 Å². The summed E-state index contributed by atoms with van der Waals surface area (Å²) in [6, 6.07) is 9.72. The molecule has 0 saturated heterocycles. The maximum atomic E-state index is 14.2. The van der Waals surface area contributed by atoms with E-state index in [-0.39, 0.29) is 11.1 Å². The van der Waals surface area contributed by atoms with Crippen LogP contribution in [-0.4, -0.2) is 16.1 Å². The average Bonchev–Trinajstić information content (AvgIpc) is 3.40. The number of nitrogens with one attached hydrogen (secondary N) is 1. The highest BCUT2D eigenvalue weighted by molar-refractivity contribution is 8.00. The predicted molar refractivity (Wildman–Crippen MR) is 107 cm³/mol. The molecule has 5 nitrogen and oxygen atoms in total. The lowest BCUT2D eigenvalue weighted by Crippen LogP contribution is -2.00.